The van der Waals surface area contributed by atoms with Crippen molar-refractivity contribution in [2.45, 2.75) is 19.6 Å². The molecule has 2 aromatic carbocycles. The minimum atomic E-state index is -0.157. The number of carbonyl (C=O) groups excluding carboxylic acids is 1. The van der Waals surface area contributed by atoms with Crippen molar-refractivity contribution in [3.05, 3.63) is 58.7 Å². The molecular weight excluding hydrogens is 296 g/mol. The summed E-state index contributed by atoms with van der Waals surface area (Å²) in [6.45, 7) is 0.374. The monoisotopic (exact) mass is 316 g/mol. The van der Waals surface area contributed by atoms with Gasteiger partial charge < -0.3 is 19.7 Å². The Hall–Kier alpha value is -2.37. The first-order valence-electron chi connectivity index (χ1n) is 7.20. The SMILES string of the molecule is COCc1c(O)cccc1CC(=O)c1cccc(O)c1COC. The molecule has 0 heterocycles. The van der Waals surface area contributed by atoms with Crippen LogP contribution >= 0.6 is 0 Å². The number of ketones is 1. The molecule has 2 aromatic rings. The zero-order valence-corrected chi connectivity index (χ0v) is 13.2. The van der Waals surface area contributed by atoms with Crippen LogP contribution in [0.5, 0.6) is 11.5 Å². The second-order valence-electron chi connectivity index (χ2n) is 5.18. The lowest BCUT2D eigenvalue weighted by atomic mass is 9.95. The van der Waals surface area contributed by atoms with E-state index >= 15 is 0 Å². The van der Waals surface area contributed by atoms with Crippen LogP contribution < -0.4 is 0 Å². The van der Waals surface area contributed by atoms with E-state index in [9.17, 15) is 15.0 Å². The van der Waals surface area contributed by atoms with Gasteiger partial charge in [0.05, 0.1) is 13.2 Å². The molecule has 2 rings (SSSR count). The number of phenolic OH excluding ortho intramolecular Hbond substituents is 2. The van der Waals surface area contributed by atoms with Gasteiger partial charge in [-0.25, -0.2) is 0 Å². The van der Waals surface area contributed by atoms with Crippen LogP contribution in [0.2, 0.25) is 0 Å². The van der Waals surface area contributed by atoms with Gasteiger partial charge in [-0.05, 0) is 17.7 Å². The van der Waals surface area contributed by atoms with Gasteiger partial charge in [-0.3, -0.25) is 4.79 Å². The van der Waals surface area contributed by atoms with Gasteiger partial charge in [0.15, 0.2) is 5.78 Å². The van der Waals surface area contributed by atoms with Crippen LogP contribution in [-0.4, -0.2) is 30.2 Å². The summed E-state index contributed by atoms with van der Waals surface area (Å²) in [7, 11) is 3.04. The molecule has 0 amide bonds. The fraction of sp³-hybridized carbons (Fsp3) is 0.278. The smallest absolute Gasteiger partial charge is 0.167 e. The van der Waals surface area contributed by atoms with Gasteiger partial charge in [0.25, 0.3) is 0 Å². The molecule has 0 aliphatic heterocycles. The Morgan fingerprint density at radius 3 is 2.13 bits per heavy atom. The Kier molecular flexibility index (Phi) is 5.73. The molecule has 0 bridgehead atoms. The predicted molar refractivity (Wildman–Crippen MR) is 85.7 cm³/mol. The van der Waals surface area contributed by atoms with Crippen LogP contribution in [0.3, 0.4) is 0 Å². The summed E-state index contributed by atoms with van der Waals surface area (Å²) in [6.07, 6.45) is 0.104. The highest BCUT2D eigenvalue weighted by molar-refractivity contribution is 5.99. The van der Waals surface area contributed by atoms with Crippen molar-refractivity contribution >= 4 is 5.78 Å². The van der Waals surface area contributed by atoms with Crippen LogP contribution in [0.15, 0.2) is 36.4 Å². The van der Waals surface area contributed by atoms with Crippen LogP contribution in [-0.2, 0) is 29.1 Å². The number of phenols is 2. The zero-order valence-electron chi connectivity index (χ0n) is 13.2. The summed E-state index contributed by atoms with van der Waals surface area (Å²) in [5.41, 5.74) is 2.17. The molecule has 5 nitrogen and oxygen atoms in total. The Labute approximate surface area is 135 Å². The Morgan fingerprint density at radius 2 is 1.48 bits per heavy atom. The maximum atomic E-state index is 12.6. The number of rotatable bonds is 7. The molecular formula is C18H20O5. The first kappa shape index (κ1) is 17.0. The number of carbonyl (C=O) groups is 1. The molecule has 5 heteroatoms. The minimum absolute atomic E-state index is 0.0331. The van der Waals surface area contributed by atoms with E-state index in [0.717, 1.165) is 0 Å². The third-order valence-electron chi connectivity index (χ3n) is 3.63. The average molecular weight is 316 g/mol. The van der Waals surface area contributed by atoms with Gasteiger partial charge in [0, 0.05) is 37.3 Å². The molecule has 0 aliphatic carbocycles. The molecule has 2 N–H and O–H groups in total. The van der Waals surface area contributed by atoms with Crippen molar-refractivity contribution < 1.29 is 24.5 Å². The highest BCUT2D eigenvalue weighted by Crippen LogP contribution is 2.26. The molecule has 0 aromatic heterocycles. The number of Topliss-reactive ketones (excluding diaryl/α,β-unsaturated/α-hetero) is 1. The summed E-state index contributed by atoms with van der Waals surface area (Å²) >= 11 is 0. The topological polar surface area (TPSA) is 76.0 Å². The molecule has 0 radical (unpaired) electrons. The van der Waals surface area contributed by atoms with Gasteiger partial charge in [-0.1, -0.05) is 24.3 Å². The maximum Gasteiger partial charge on any atom is 0.167 e. The van der Waals surface area contributed by atoms with Crippen LogP contribution in [0.25, 0.3) is 0 Å². The van der Waals surface area contributed by atoms with Gasteiger partial charge in [0.2, 0.25) is 0 Å². The van der Waals surface area contributed by atoms with Crippen molar-refractivity contribution in [2.24, 2.45) is 0 Å². The Bertz CT molecular complexity index is 694. The summed E-state index contributed by atoms with van der Waals surface area (Å²) in [5, 5.41) is 19.9. The van der Waals surface area contributed by atoms with Crippen molar-refractivity contribution in [1.29, 1.82) is 0 Å². The van der Waals surface area contributed by atoms with Crippen molar-refractivity contribution in [3.63, 3.8) is 0 Å². The maximum absolute atomic E-state index is 12.6. The fourth-order valence-electron chi connectivity index (χ4n) is 2.50. The number of ether oxygens (including phenoxy) is 2. The summed E-state index contributed by atoms with van der Waals surface area (Å²) in [6, 6.07) is 9.85. The molecule has 0 saturated carbocycles. The van der Waals surface area contributed by atoms with Gasteiger partial charge >= 0.3 is 0 Å². The third kappa shape index (κ3) is 3.88. The lowest BCUT2D eigenvalue weighted by Gasteiger charge is -2.13. The Balaban J connectivity index is 2.34. The molecule has 0 unspecified atom stereocenters. The van der Waals surface area contributed by atoms with Crippen LogP contribution in [0, 0.1) is 0 Å². The quantitative estimate of drug-likeness (QED) is 0.768. The molecule has 0 saturated heterocycles. The number of benzene rings is 2. The summed E-state index contributed by atoms with van der Waals surface area (Å²) in [5.74, 6) is -0.0215. The second kappa shape index (κ2) is 7.76. The largest absolute Gasteiger partial charge is 0.508 e. The molecule has 23 heavy (non-hydrogen) atoms. The lowest BCUT2D eigenvalue weighted by Crippen LogP contribution is -2.10. The van der Waals surface area contributed by atoms with Crippen LogP contribution in [0.4, 0.5) is 0 Å². The summed E-state index contributed by atoms with van der Waals surface area (Å²) in [4.78, 5) is 12.6. The molecule has 0 atom stereocenters. The standard InChI is InChI=1S/C18H20O5/c1-22-10-14-12(5-3-7-16(14)19)9-18(21)13-6-4-8-17(20)15(13)11-23-2/h3-8,19-20H,9-11H2,1-2H3. The highest BCUT2D eigenvalue weighted by Gasteiger charge is 2.17. The van der Waals surface area contributed by atoms with E-state index in [1.54, 1.807) is 30.3 Å². The number of hydrogen-bond donors (Lipinski definition) is 2. The first-order valence-corrected chi connectivity index (χ1v) is 7.20. The van der Waals surface area contributed by atoms with E-state index in [2.05, 4.69) is 0 Å². The highest BCUT2D eigenvalue weighted by atomic mass is 16.5. The normalized spacial score (nSPS) is 10.7. The molecule has 0 aliphatic rings. The predicted octanol–water partition coefficient (Wildman–Crippen LogP) is 2.82. The minimum Gasteiger partial charge on any atom is -0.508 e. The van der Waals surface area contributed by atoms with E-state index in [1.165, 1.54) is 20.3 Å². The van der Waals surface area contributed by atoms with E-state index in [4.69, 9.17) is 9.47 Å². The van der Waals surface area contributed by atoms with Gasteiger partial charge in [-0.2, -0.15) is 0 Å². The number of hydrogen-bond acceptors (Lipinski definition) is 5. The van der Waals surface area contributed by atoms with E-state index < -0.39 is 0 Å². The molecule has 0 spiro atoms. The van der Waals surface area contributed by atoms with Crippen molar-refractivity contribution in [1.82, 2.24) is 0 Å². The third-order valence-corrected chi connectivity index (χ3v) is 3.63. The molecule has 122 valence electrons. The summed E-state index contributed by atoms with van der Waals surface area (Å²) < 4.78 is 10.1. The fourth-order valence-corrected chi connectivity index (χ4v) is 2.50. The average Bonchev–Trinajstić information content (AvgIpc) is 2.53. The second-order valence-corrected chi connectivity index (χ2v) is 5.18. The zero-order chi connectivity index (χ0) is 16.8. The van der Waals surface area contributed by atoms with Crippen LogP contribution in [0.1, 0.15) is 27.0 Å². The van der Waals surface area contributed by atoms with Gasteiger partial charge in [-0.15, -0.1) is 0 Å². The lowest BCUT2D eigenvalue weighted by molar-refractivity contribution is 0.0986. The Morgan fingerprint density at radius 1 is 0.913 bits per heavy atom. The molecule has 0 fully saturated rings. The van der Waals surface area contributed by atoms with Crippen molar-refractivity contribution in [3.8, 4) is 11.5 Å². The van der Waals surface area contributed by atoms with Gasteiger partial charge in [0.1, 0.15) is 11.5 Å². The van der Waals surface area contributed by atoms with E-state index in [-0.39, 0.29) is 36.9 Å². The first-order chi connectivity index (χ1) is 11.1. The number of aromatic hydroxyl groups is 2. The van der Waals surface area contributed by atoms with E-state index in [1.807, 2.05) is 0 Å². The van der Waals surface area contributed by atoms with E-state index in [0.29, 0.717) is 22.3 Å². The number of methoxy groups -OCH3 is 2. The van der Waals surface area contributed by atoms with Crippen molar-refractivity contribution in [2.75, 3.05) is 14.2 Å².